The Labute approximate surface area is 213 Å². The number of hydrogen-bond acceptors (Lipinski definition) is 6. The van der Waals surface area contributed by atoms with Gasteiger partial charge in [0.15, 0.2) is 0 Å². The summed E-state index contributed by atoms with van der Waals surface area (Å²) in [7, 11) is 0. The van der Waals surface area contributed by atoms with Crippen molar-refractivity contribution in [2.75, 3.05) is 39.4 Å². The van der Waals surface area contributed by atoms with Gasteiger partial charge in [-0.25, -0.2) is 0 Å². The highest BCUT2D eigenvalue weighted by Crippen LogP contribution is 2.44. The Hall–Kier alpha value is -0.410. The van der Waals surface area contributed by atoms with Gasteiger partial charge in [0.2, 0.25) is 0 Å². The number of nitrogens with one attached hydrogen (secondary N) is 3. The van der Waals surface area contributed by atoms with Gasteiger partial charge in [0.05, 0.1) is 29.2 Å². The molecular weight excluding hydrogens is 481 g/mol. The molecule has 0 bridgehead atoms. The molecule has 0 aromatic carbocycles. The van der Waals surface area contributed by atoms with Gasteiger partial charge in [-0.05, 0) is 94.1 Å². The fourth-order valence-electron chi connectivity index (χ4n) is 6.17. The fourth-order valence-corrected chi connectivity index (χ4v) is 7.31. The average molecular weight is 519 g/mol. The van der Waals surface area contributed by atoms with E-state index < -0.39 is 0 Å². The first-order valence-corrected chi connectivity index (χ1v) is 13.1. The number of halogens is 2. The molecule has 2 saturated carbocycles. The fraction of sp³-hybridized carbons (Fsp3) is 0.792. The number of amides is 1. The van der Waals surface area contributed by atoms with Crippen LogP contribution in [-0.2, 0) is 21.5 Å². The van der Waals surface area contributed by atoms with Crippen molar-refractivity contribution in [2.45, 2.75) is 62.7 Å². The van der Waals surface area contributed by atoms with E-state index in [2.05, 4.69) is 22.0 Å². The molecule has 33 heavy (non-hydrogen) atoms. The molecule has 0 unspecified atom stereocenters. The molecule has 0 radical (unpaired) electrons. The van der Waals surface area contributed by atoms with Crippen LogP contribution in [0.3, 0.4) is 0 Å². The number of thiophene rings is 1. The zero-order valence-electron chi connectivity index (χ0n) is 19.1. The third-order valence-corrected chi connectivity index (χ3v) is 9.42. The molecule has 6 nitrogen and oxygen atoms in total. The topological polar surface area (TPSA) is 71.6 Å². The molecule has 6 rings (SSSR count). The van der Waals surface area contributed by atoms with Crippen molar-refractivity contribution >= 4 is 42.1 Å². The first kappa shape index (κ1) is 25.7. The third-order valence-electron chi connectivity index (χ3n) is 8.22. The van der Waals surface area contributed by atoms with Gasteiger partial charge in [0, 0.05) is 17.9 Å². The van der Waals surface area contributed by atoms with Crippen LogP contribution in [0.5, 0.6) is 0 Å². The molecule has 1 aromatic rings. The van der Waals surface area contributed by atoms with Gasteiger partial charge in [0.25, 0.3) is 5.91 Å². The number of ether oxygens (including phenoxy) is 2. The van der Waals surface area contributed by atoms with Crippen molar-refractivity contribution in [1.29, 1.82) is 0 Å². The number of carbonyl (C=O) groups is 1. The predicted molar refractivity (Wildman–Crippen MR) is 135 cm³/mol. The van der Waals surface area contributed by atoms with Crippen molar-refractivity contribution in [3.8, 4) is 0 Å². The van der Waals surface area contributed by atoms with E-state index >= 15 is 0 Å². The summed E-state index contributed by atoms with van der Waals surface area (Å²) in [6.45, 7) is 5.77. The Bertz CT molecular complexity index is 828. The molecule has 2 aliphatic carbocycles. The summed E-state index contributed by atoms with van der Waals surface area (Å²) in [5.74, 6) is 2.19. The van der Waals surface area contributed by atoms with Crippen LogP contribution in [-0.4, -0.2) is 57.4 Å². The lowest BCUT2D eigenvalue weighted by Crippen LogP contribution is -2.50. The Morgan fingerprint density at radius 1 is 1.15 bits per heavy atom. The highest BCUT2D eigenvalue weighted by Gasteiger charge is 2.43. The van der Waals surface area contributed by atoms with Gasteiger partial charge in [-0.15, -0.1) is 36.2 Å². The van der Waals surface area contributed by atoms with Crippen LogP contribution < -0.4 is 16.0 Å². The maximum Gasteiger partial charge on any atom is 0.261 e. The van der Waals surface area contributed by atoms with Gasteiger partial charge in [-0.3, -0.25) is 4.79 Å². The van der Waals surface area contributed by atoms with Crippen molar-refractivity contribution in [1.82, 2.24) is 16.0 Å². The van der Waals surface area contributed by atoms with Crippen LogP contribution in [0.1, 0.15) is 58.6 Å². The second-order valence-electron chi connectivity index (χ2n) is 10.3. The minimum Gasteiger partial charge on any atom is -0.376 e. The largest absolute Gasteiger partial charge is 0.376 e. The van der Waals surface area contributed by atoms with Gasteiger partial charge in [-0.1, -0.05) is 0 Å². The van der Waals surface area contributed by atoms with E-state index in [1.807, 2.05) is 0 Å². The molecule has 1 aromatic heterocycles. The molecule has 1 amide bonds. The average Bonchev–Trinajstić information content (AvgIpc) is 3.31. The van der Waals surface area contributed by atoms with Crippen LogP contribution in [0.2, 0.25) is 0 Å². The molecule has 3 aliphatic heterocycles. The number of carbonyl (C=O) groups excluding carboxylic acids is 1. The summed E-state index contributed by atoms with van der Waals surface area (Å²) >= 11 is 1.68. The lowest BCUT2D eigenvalue weighted by Gasteiger charge is -2.40. The molecule has 2 saturated heterocycles. The summed E-state index contributed by atoms with van der Waals surface area (Å²) in [4.78, 5) is 15.6. The van der Waals surface area contributed by atoms with Crippen LogP contribution >= 0.6 is 36.2 Å². The monoisotopic (exact) mass is 517 g/mol. The van der Waals surface area contributed by atoms with Crippen molar-refractivity contribution < 1.29 is 14.3 Å². The minimum absolute atomic E-state index is 0. The van der Waals surface area contributed by atoms with Crippen molar-refractivity contribution in [3.05, 3.63) is 21.4 Å². The maximum absolute atomic E-state index is 13.4. The summed E-state index contributed by atoms with van der Waals surface area (Å²) in [5.41, 5.74) is 1.10. The molecule has 9 heteroatoms. The van der Waals surface area contributed by atoms with Crippen molar-refractivity contribution in [2.24, 2.45) is 17.8 Å². The standard InChI is InChI=1S/C24H35N3O3S.2ClH/c28-23(22-11-18-21(31-22)3-8-30-24(18)4-6-25-7-5-24)27-19-9-16-12-26-13-17(16)10-20(19)29-14-15-1-2-15;;/h11,15-17,19-20,25-26H,1-10,12-14H2,(H,27,28);2*1H/t16-,17+,19-,20-;;/m0../s1. The summed E-state index contributed by atoms with van der Waals surface area (Å²) in [6, 6.07) is 2.26. The van der Waals surface area contributed by atoms with Gasteiger partial charge in [-0.2, -0.15) is 0 Å². The molecule has 4 atom stereocenters. The Morgan fingerprint density at radius 3 is 2.67 bits per heavy atom. The van der Waals surface area contributed by atoms with Crippen LogP contribution in [0.4, 0.5) is 0 Å². The lowest BCUT2D eigenvalue weighted by atomic mass is 9.77. The van der Waals surface area contributed by atoms with Crippen LogP contribution in [0.25, 0.3) is 0 Å². The second kappa shape index (κ2) is 10.7. The normalized spacial score (nSPS) is 32.2. The van der Waals surface area contributed by atoms with E-state index in [1.165, 1.54) is 23.3 Å². The number of piperidine rings is 1. The Kier molecular flexibility index (Phi) is 8.32. The Morgan fingerprint density at radius 2 is 1.91 bits per heavy atom. The molecule has 1 spiro atoms. The first-order chi connectivity index (χ1) is 15.2. The van der Waals surface area contributed by atoms with E-state index in [0.717, 1.165) is 82.3 Å². The number of hydrogen-bond donors (Lipinski definition) is 3. The zero-order chi connectivity index (χ0) is 20.8. The van der Waals surface area contributed by atoms with E-state index in [4.69, 9.17) is 9.47 Å². The molecule has 5 aliphatic rings. The minimum atomic E-state index is -0.183. The highest BCUT2D eigenvalue weighted by molar-refractivity contribution is 7.14. The lowest BCUT2D eigenvalue weighted by molar-refractivity contribution is -0.0792. The summed E-state index contributed by atoms with van der Waals surface area (Å²) in [6.07, 6.45) is 7.77. The highest BCUT2D eigenvalue weighted by atomic mass is 35.5. The maximum atomic E-state index is 13.4. The quantitative estimate of drug-likeness (QED) is 0.558. The van der Waals surface area contributed by atoms with Crippen LogP contribution in [0, 0.1) is 17.8 Å². The molecule has 4 fully saturated rings. The molecule has 4 heterocycles. The summed E-state index contributed by atoms with van der Waals surface area (Å²) in [5, 5.41) is 10.4. The Balaban J connectivity index is 0.00000130. The van der Waals surface area contributed by atoms with E-state index in [0.29, 0.717) is 11.8 Å². The van der Waals surface area contributed by atoms with E-state index in [-0.39, 0.29) is 48.5 Å². The summed E-state index contributed by atoms with van der Waals surface area (Å²) < 4.78 is 12.7. The second-order valence-corrected chi connectivity index (χ2v) is 11.5. The van der Waals surface area contributed by atoms with Crippen molar-refractivity contribution in [3.63, 3.8) is 0 Å². The van der Waals surface area contributed by atoms with Gasteiger partial charge < -0.3 is 25.4 Å². The number of fused-ring (bicyclic) bond motifs is 3. The van der Waals surface area contributed by atoms with E-state index in [9.17, 15) is 4.79 Å². The zero-order valence-corrected chi connectivity index (χ0v) is 21.6. The van der Waals surface area contributed by atoms with Gasteiger partial charge in [0.1, 0.15) is 0 Å². The smallest absolute Gasteiger partial charge is 0.261 e. The number of rotatable bonds is 5. The molecular formula is C24H37Cl2N3O3S. The predicted octanol–water partition coefficient (Wildman–Crippen LogP) is 3.27. The SMILES string of the molecule is Cl.Cl.O=C(N[C@H]1C[C@H]2CNC[C@H]2C[C@@H]1OCC1CC1)c1cc2c(s1)CCOC21CCNCC1. The molecule has 3 N–H and O–H groups in total. The third kappa shape index (κ3) is 5.25. The van der Waals surface area contributed by atoms with Gasteiger partial charge >= 0.3 is 0 Å². The first-order valence-electron chi connectivity index (χ1n) is 12.3. The van der Waals surface area contributed by atoms with E-state index in [1.54, 1.807) is 11.3 Å². The molecule has 186 valence electrons. The van der Waals surface area contributed by atoms with Crippen LogP contribution in [0.15, 0.2) is 6.07 Å².